The number of aromatic nitrogens is 6. The van der Waals surface area contributed by atoms with Crippen LogP contribution in [-0.2, 0) is 18.4 Å². The molecule has 0 unspecified atom stereocenters. The first kappa shape index (κ1) is 24.0. The highest BCUT2D eigenvalue weighted by Gasteiger charge is 2.47. The van der Waals surface area contributed by atoms with Gasteiger partial charge >= 0.3 is 12.0 Å². The number of alkyl halides is 2. The molecular formula is C24H26F2N6O4. The van der Waals surface area contributed by atoms with Gasteiger partial charge in [0.2, 0.25) is 0 Å². The summed E-state index contributed by atoms with van der Waals surface area (Å²) >= 11 is 0. The maximum Gasteiger partial charge on any atom is 0.317 e. The lowest BCUT2D eigenvalue weighted by atomic mass is 9.92. The Morgan fingerprint density at radius 2 is 2.06 bits per heavy atom. The molecule has 190 valence electrons. The van der Waals surface area contributed by atoms with Gasteiger partial charge in [-0.1, -0.05) is 5.21 Å². The third-order valence-corrected chi connectivity index (χ3v) is 7.12. The summed E-state index contributed by atoms with van der Waals surface area (Å²) in [5.41, 5.74) is 1.87. The normalized spacial score (nSPS) is 23.1. The molecule has 0 spiro atoms. The van der Waals surface area contributed by atoms with E-state index in [-0.39, 0.29) is 30.6 Å². The van der Waals surface area contributed by atoms with Crippen LogP contribution in [0.15, 0.2) is 24.4 Å². The number of rotatable bonds is 8. The smallest absolute Gasteiger partial charge is 0.317 e. The van der Waals surface area contributed by atoms with Gasteiger partial charge in [-0.2, -0.15) is 4.98 Å². The van der Waals surface area contributed by atoms with E-state index < -0.39 is 18.1 Å². The summed E-state index contributed by atoms with van der Waals surface area (Å²) in [6.45, 7) is 1.80. The van der Waals surface area contributed by atoms with E-state index in [0.717, 1.165) is 31.7 Å². The van der Waals surface area contributed by atoms with Gasteiger partial charge in [0.05, 0.1) is 23.4 Å². The first-order valence-electron chi connectivity index (χ1n) is 11.8. The molecule has 3 aromatic heterocycles. The van der Waals surface area contributed by atoms with Crippen molar-refractivity contribution in [2.75, 3.05) is 0 Å². The molecule has 3 aromatic rings. The van der Waals surface area contributed by atoms with E-state index in [1.807, 2.05) is 13.0 Å². The fourth-order valence-corrected chi connectivity index (χ4v) is 5.34. The first-order valence-corrected chi connectivity index (χ1v) is 11.8. The molecule has 5 rings (SSSR count). The number of carboxylic acid groups (broad SMARTS) is 1. The summed E-state index contributed by atoms with van der Waals surface area (Å²) in [6, 6.07) is 4.57. The van der Waals surface area contributed by atoms with E-state index in [1.54, 1.807) is 13.1 Å². The number of fused-ring (bicyclic) bond motifs is 1. The zero-order valence-electron chi connectivity index (χ0n) is 19.8. The maximum atomic E-state index is 12.9. The Morgan fingerprint density at radius 3 is 2.81 bits per heavy atom. The number of nitrogens with zero attached hydrogens (tertiary/aromatic N) is 6. The average Bonchev–Trinajstić information content (AvgIpc) is 3.53. The highest BCUT2D eigenvalue weighted by molar-refractivity contribution is 5.71. The van der Waals surface area contributed by atoms with Gasteiger partial charge in [0.15, 0.2) is 0 Å². The third-order valence-electron chi connectivity index (χ3n) is 7.12. The molecule has 12 heteroatoms. The number of hydrogen-bond donors (Lipinski definition) is 1. The number of carboxylic acids is 1. The number of ether oxygens (including phenoxy) is 2. The molecule has 0 aromatic carbocycles. The van der Waals surface area contributed by atoms with Crippen LogP contribution in [0.4, 0.5) is 8.78 Å². The quantitative estimate of drug-likeness (QED) is 0.492. The van der Waals surface area contributed by atoms with Crippen molar-refractivity contribution in [2.45, 2.75) is 51.7 Å². The van der Waals surface area contributed by atoms with Crippen LogP contribution in [0.5, 0.6) is 11.8 Å². The Kier molecular flexibility index (Phi) is 6.50. The molecule has 2 fully saturated rings. The lowest BCUT2D eigenvalue weighted by Gasteiger charge is -2.18. The number of halogens is 2. The predicted octanol–water partition coefficient (Wildman–Crippen LogP) is 3.76. The number of aliphatic carboxylic acids is 1. The minimum atomic E-state index is -2.72. The molecule has 0 radical (unpaired) electrons. The Balaban J connectivity index is 1.28. The summed E-state index contributed by atoms with van der Waals surface area (Å²) in [4.78, 5) is 23.8. The van der Waals surface area contributed by atoms with Crippen molar-refractivity contribution in [3.63, 3.8) is 0 Å². The summed E-state index contributed by atoms with van der Waals surface area (Å²) in [5, 5.41) is 17.7. The van der Waals surface area contributed by atoms with Crippen molar-refractivity contribution in [3.8, 4) is 23.1 Å². The predicted molar refractivity (Wildman–Crippen MR) is 121 cm³/mol. The fourth-order valence-electron chi connectivity index (χ4n) is 5.34. The first-order chi connectivity index (χ1) is 17.3. The highest BCUT2D eigenvalue weighted by atomic mass is 19.3. The number of hydrogen-bond acceptors (Lipinski definition) is 8. The van der Waals surface area contributed by atoms with E-state index in [2.05, 4.69) is 25.3 Å². The van der Waals surface area contributed by atoms with Crippen molar-refractivity contribution < 1.29 is 28.2 Å². The summed E-state index contributed by atoms with van der Waals surface area (Å²) in [7, 11) is 1.69. The Labute approximate surface area is 205 Å². The molecule has 3 heterocycles. The number of aryl methyl sites for hydroxylation is 2. The maximum absolute atomic E-state index is 12.9. The van der Waals surface area contributed by atoms with Crippen molar-refractivity contribution in [1.29, 1.82) is 0 Å². The van der Waals surface area contributed by atoms with Gasteiger partial charge in [0.1, 0.15) is 29.4 Å². The molecule has 2 aliphatic rings. The van der Waals surface area contributed by atoms with Crippen LogP contribution < -0.4 is 9.47 Å². The standard InChI is InChI=1S/C24H26F2N6O4/c1-12-20(36-14-9-13-3-4-15(23(33)34)16(13)10-14)6-5-17(28-12)21-19(32(2)31-30-21)11-35-24-27-8-7-18(29-24)22(25)26/h5-8,13-16,22H,3-4,9-11H2,1-2H3,(H,33,34)/t13-,14-,15-,16+/m1/s1. The van der Waals surface area contributed by atoms with E-state index in [0.29, 0.717) is 34.4 Å². The summed E-state index contributed by atoms with van der Waals surface area (Å²) < 4.78 is 39.1. The second-order valence-corrected chi connectivity index (χ2v) is 9.30. The molecule has 10 nitrogen and oxygen atoms in total. The van der Waals surface area contributed by atoms with Crippen LogP contribution in [0.25, 0.3) is 11.4 Å². The minimum Gasteiger partial charge on any atom is -0.489 e. The molecule has 0 saturated heterocycles. The van der Waals surface area contributed by atoms with Crippen molar-refractivity contribution in [3.05, 3.63) is 41.5 Å². The lowest BCUT2D eigenvalue weighted by molar-refractivity contribution is -0.143. The number of pyridine rings is 1. The van der Waals surface area contributed by atoms with Crippen LogP contribution >= 0.6 is 0 Å². The van der Waals surface area contributed by atoms with E-state index in [1.165, 1.54) is 10.9 Å². The van der Waals surface area contributed by atoms with Crippen molar-refractivity contribution in [1.82, 2.24) is 29.9 Å². The van der Waals surface area contributed by atoms with Gasteiger partial charge in [-0.05, 0) is 62.6 Å². The van der Waals surface area contributed by atoms with Crippen molar-refractivity contribution >= 4 is 5.97 Å². The third kappa shape index (κ3) is 4.71. The zero-order chi connectivity index (χ0) is 25.4. The van der Waals surface area contributed by atoms with E-state index >= 15 is 0 Å². The molecule has 36 heavy (non-hydrogen) atoms. The number of carbonyl (C=O) groups is 1. The topological polar surface area (TPSA) is 125 Å². The van der Waals surface area contributed by atoms with Gasteiger partial charge in [0.25, 0.3) is 6.43 Å². The second-order valence-electron chi connectivity index (χ2n) is 9.30. The minimum absolute atomic E-state index is 0.0296. The second kappa shape index (κ2) is 9.75. The van der Waals surface area contributed by atoms with Gasteiger partial charge < -0.3 is 14.6 Å². The molecule has 0 amide bonds. The SMILES string of the molecule is Cc1nc(-c2nnn(C)c2COc2nccc(C(F)F)n2)ccc1O[C@@H]1C[C@H]2CC[C@@H](C(=O)O)[C@H]2C1. The summed E-state index contributed by atoms with van der Waals surface area (Å²) in [5.74, 6) is 0.242. The molecule has 1 N–H and O–H groups in total. The molecular weight excluding hydrogens is 474 g/mol. The van der Waals surface area contributed by atoms with Crippen LogP contribution in [-0.4, -0.2) is 47.1 Å². The van der Waals surface area contributed by atoms with Gasteiger partial charge in [0, 0.05) is 13.2 Å². The molecule has 0 bridgehead atoms. The summed E-state index contributed by atoms with van der Waals surface area (Å²) in [6.07, 6.45) is 1.75. The Hall–Kier alpha value is -3.70. The van der Waals surface area contributed by atoms with E-state index in [4.69, 9.17) is 9.47 Å². The molecule has 2 aliphatic carbocycles. The monoisotopic (exact) mass is 500 g/mol. The van der Waals surface area contributed by atoms with Gasteiger partial charge in [-0.3, -0.25) is 4.79 Å². The van der Waals surface area contributed by atoms with Gasteiger partial charge in [-0.15, -0.1) is 5.10 Å². The highest BCUT2D eigenvalue weighted by Crippen LogP contribution is 2.48. The van der Waals surface area contributed by atoms with Crippen LogP contribution in [0.2, 0.25) is 0 Å². The fraction of sp³-hybridized carbons (Fsp3) is 0.500. The largest absolute Gasteiger partial charge is 0.489 e. The lowest BCUT2D eigenvalue weighted by Crippen LogP contribution is -2.21. The van der Waals surface area contributed by atoms with Crippen LogP contribution in [0.3, 0.4) is 0 Å². The van der Waals surface area contributed by atoms with Crippen LogP contribution in [0.1, 0.15) is 49.2 Å². The van der Waals surface area contributed by atoms with E-state index in [9.17, 15) is 18.7 Å². The molecule has 4 atom stereocenters. The molecule has 0 aliphatic heterocycles. The zero-order valence-corrected chi connectivity index (χ0v) is 19.8. The van der Waals surface area contributed by atoms with Crippen molar-refractivity contribution in [2.24, 2.45) is 24.8 Å². The Morgan fingerprint density at radius 1 is 1.22 bits per heavy atom. The Bertz CT molecular complexity index is 1270. The molecule has 2 saturated carbocycles. The van der Waals surface area contributed by atoms with Crippen LogP contribution in [0, 0.1) is 24.7 Å². The van der Waals surface area contributed by atoms with Gasteiger partial charge in [-0.25, -0.2) is 23.4 Å². The average molecular weight is 501 g/mol.